The first-order valence-electron chi connectivity index (χ1n) is 9.85. The molecule has 0 heteroatoms. The first-order chi connectivity index (χ1) is 11.7. The quantitative estimate of drug-likeness (QED) is 0.421. The van der Waals surface area contributed by atoms with E-state index in [1.807, 2.05) is 0 Å². The summed E-state index contributed by atoms with van der Waals surface area (Å²) in [5.41, 5.74) is 8.62. The van der Waals surface area contributed by atoms with Gasteiger partial charge in [-0.1, -0.05) is 75.9 Å². The number of benzene rings is 2. The summed E-state index contributed by atoms with van der Waals surface area (Å²) in [5, 5.41) is 0. The minimum absolute atomic E-state index is 1.22. The van der Waals surface area contributed by atoms with Crippen LogP contribution < -0.4 is 0 Å². The van der Waals surface area contributed by atoms with E-state index in [1.165, 1.54) is 84.7 Å². The van der Waals surface area contributed by atoms with Crippen LogP contribution in [-0.4, -0.2) is 0 Å². The Kier molecular flexibility index (Phi) is 7.56. The summed E-state index contributed by atoms with van der Waals surface area (Å²) < 4.78 is 0. The van der Waals surface area contributed by atoms with Gasteiger partial charge in [-0.25, -0.2) is 0 Å². The lowest BCUT2D eigenvalue weighted by molar-refractivity contribution is 0.715. The van der Waals surface area contributed by atoms with Crippen molar-refractivity contribution in [2.45, 2.75) is 79.1 Å². The first-order valence-corrected chi connectivity index (χ1v) is 9.85. The summed E-state index contributed by atoms with van der Waals surface area (Å²) in [7, 11) is 0. The molecule has 0 aliphatic rings. The van der Waals surface area contributed by atoms with E-state index in [-0.39, 0.29) is 0 Å². The third-order valence-corrected chi connectivity index (χ3v) is 5.12. The van der Waals surface area contributed by atoms with E-state index in [0.29, 0.717) is 0 Å². The van der Waals surface area contributed by atoms with Crippen LogP contribution in [0.3, 0.4) is 0 Å². The van der Waals surface area contributed by atoms with Gasteiger partial charge in [0.05, 0.1) is 0 Å². The van der Waals surface area contributed by atoms with Gasteiger partial charge in [-0.15, -0.1) is 0 Å². The Balaban J connectivity index is 2.10. The number of aryl methyl sites for hydroxylation is 4. The molecule has 0 nitrogen and oxygen atoms in total. The van der Waals surface area contributed by atoms with Crippen molar-refractivity contribution in [3.63, 3.8) is 0 Å². The predicted octanol–water partition coefficient (Wildman–Crippen LogP) is 7.44. The minimum Gasteiger partial charge on any atom is -0.0654 e. The predicted molar refractivity (Wildman–Crippen MR) is 108 cm³/mol. The summed E-state index contributed by atoms with van der Waals surface area (Å²) in [4.78, 5) is 0. The second kappa shape index (κ2) is 9.67. The van der Waals surface area contributed by atoms with Crippen LogP contribution in [0.1, 0.15) is 74.6 Å². The molecule has 2 aromatic carbocycles. The molecule has 0 bridgehead atoms. The van der Waals surface area contributed by atoms with Crippen molar-refractivity contribution >= 4 is 0 Å². The lowest BCUT2D eigenvalue weighted by atomic mass is 9.94. The molecule has 0 heterocycles. The van der Waals surface area contributed by atoms with Gasteiger partial charge >= 0.3 is 0 Å². The molecule has 0 aliphatic heterocycles. The highest BCUT2D eigenvalue weighted by atomic mass is 14.1. The van der Waals surface area contributed by atoms with Crippen molar-refractivity contribution in [1.82, 2.24) is 0 Å². The highest BCUT2D eigenvalue weighted by molar-refractivity contribution is 5.66. The molecule has 0 saturated heterocycles. The Hall–Kier alpha value is -1.56. The lowest BCUT2D eigenvalue weighted by Gasteiger charge is -2.11. The van der Waals surface area contributed by atoms with Crippen molar-refractivity contribution in [2.75, 3.05) is 0 Å². The zero-order valence-electron chi connectivity index (χ0n) is 16.1. The third kappa shape index (κ3) is 5.23. The van der Waals surface area contributed by atoms with E-state index < -0.39 is 0 Å². The molecule has 0 N–H and O–H groups in total. The maximum absolute atomic E-state index is 2.37. The van der Waals surface area contributed by atoms with Gasteiger partial charge in [-0.3, -0.25) is 0 Å². The van der Waals surface area contributed by atoms with Crippen molar-refractivity contribution in [3.05, 3.63) is 58.7 Å². The molecule has 0 fully saturated rings. The van der Waals surface area contributed by atoms with Gasteiger partial charge in [0.1, 0.15) is 0 Å². The van der Waals surface area contributed by atoms with Crippen LogP contribution in [0.2, 0.25) is 0 Å². The van der Waals surface area contributed by atoms with Crippen molar-refractivity contribution < 1.29 is 0 Å². The molecule has 0 unspecified atom stereocenters. The Bertz CT molecular complexity index is 579. The molecule has 0 aliphatic carbocycles. The summed E-state index contributed by atoms with van der Waals surface area (Å²) in [5.74, 6) is 0. The van der Waals surface area contributed by atoms with Crippen LogP contribution in [-0.2, 0) is 12.8 Å². The van der Waals surface area contributed by atoms with Gasteiger partial charge in [0.15, 0.2) is 0 Å². The van der Waals surface area contributed by atoms with Crippen molar-refractivity contribution in [1.29, 1.82) is 0 Å². The van der Waals surface area contributed by atoms with Gasteiger partial charge < -0.3 is 0 Å². The molecule has 2 aromatic rings. The van der Waals surface area contributed by atoms with Crippen LogP contribution in [0.4, 0.5) is 0 Å². The average molecular weight is 323 g/mol. The monoisotopic (exact) mass is 322 g/mol. The molecule has 24 heavy (non-hydrogen) atoms. The van der Waals surface area contributed by atoms with E-state index in [9.17, 15) is 0 Å². The van der Waals surface area contributed by atoms with E-state index in [1.54, 1.807) is 0 Å². The van der Waals surface area contributed by atoms with Crippen LogP contribution in [0.5, 0.6) is 0 Å². The summed E-state index contributed by atoms with van der Waals surface area (Å²) in [6.07, 6.45) is 10.3. The summed E-state index contributed by atoms with van der Waals surface area (Å²) >= 11 is 0. The van der Waals surface area contributed by atoms with E-state index in [4.69, 9.17) is 0 Å². The molecule has 0 atom stereocenters. The van der Waals surface area contributed by atoms with Gasteiger partial charge in [0, 0.05) is 0 Å². The van der Waals surface area contributed by atoms with E-state index in [2.05, 4.69) is 64.1 Å². The number of unbranched alkanes of at least 4 members (excludes halogenated alkanes) is 4. The Morgan fingerprint density at radius 1 is 0.583 bits per heavy atom. The molecule has 2 rings (SSSR count). The van der Waals surface area contributed by atoms with Crippen LogP contribution in [0.15, 0.2) is 36.4 Å². The maximum Gasteiger partial charge on any atom is -0.0181 e. The van der Waals surface area contributed by atoms with E-state index in [0.717, 1.165) is 0 Å². The maximum atomic E-state index is 2.37. The SMILES string of the molecule is CCCCCc1ccc(-c2ccc(CCCCC)c(C)c2)cc1C. The molecule has 0 spiro atoms. The number of hydrogen-bond donors (Lipinski definition) is 0. The van der Waals surface area contributed by atoms with Gasteiger partial charge in [0.25, 0.3) is 0 Å². The summed E-state index contributed by atoms with van der Waals surface area (Å²) in [6, 6.07) is 14.0. The van der Waals surface area contributed by atoms with Crippen LogP contribution in [0, 0.1) is 13.8 Å². The zero-order valence-corrected chi connectivity index (χ0v) is 16.1. The first kappa shape index (κ1) is 18.8. The highest BCUT2D eigenvalue weighted by Gasteiger charge is 2.05. The fourth-order valence-electron chi connectivity index (χ4n) is 3.44. The minimum atomic E-state index is 1.22. The van der Waals surface area contributed by atoms with Gasteiger partial charge in [-0.2, -0.15) is 0 Å². The third-order valence-electron chi connectivity index (χ3n) is 5.12. The molecule has 0 radical (unpaired) electrons. The lowest BCUT2D eigenvalue weighted by Crippen LogP contribution is -1.93. The van der Waals surface area contributed by atoms with Crippen molar-refractivity contribution in [3.8, 4) is 11.1 Å². The molecule has 0 saturated carbocycles. The Labute approximate surface area is 149 Å². The number of rotatable bonds is 9. The largest absolute Gasteiger partial charge is 0.0654 e. The normalized spacial score (nSPS) is 11.0. The second-order valence-electron chi connectivity index (χ2n) is 7.20. The molecule has 0 aromatic heterocycles. The average Bonchev–Trinajstić information content (AvgIpc) is 2.58. The second-order valence-corrected chi connectivity index (χ2v) is 7.20. The Morgan fingerprint density at radius 3 is 1.33 bits per heavy atom. The summed E-state index contributed by atoms with van der Waals surface area (Å²) in [6.45, 7) is 9.06. The fourth-order valence-corrected chi connectivity index (χ4v) is 3.44. The molecule has 130 valence electrons. The topological polar surface area (TPSA) is 0 Å². The zero-order chi connectivity index (χ0) is 17.4. The van der Waals surface area contributed by atoms with Gasteiger partial charge in [0.2, 0.25) is 0 Å². The molecular formula is C24H34. The highest BCUT2D eigenvalue weighted by Crippen LogP contribution is 2.26. The fraction of sp³-hybridized carbons (Fsp3) is 0.500. The van der Waals surface area contributed by atoms with Crippen molar-refractivity contribution in [2.24, 2.45) is 0 Å². The standard InChI is InChI=1S/C24H34/c1-5-7-9-11-21-13-15-23(17-19(21)3)24-16-14-22(20(4)18-24)12-10-8-6-2/h13-18H,5-12H2,1-4H3. The molecule has 0 amide bonds. The Morgan fingerprint density at radius 2 is 1.00 bits per heavy atom. The van der Waals surface area contributed by atoms with Crippen LogP contribution >= 0.6 is 0 Å². The van der Waals surface area contributed by atoms with Gasteiger partial charge in [-0.05, 0) is 72.9 Å². The molecular weight excluding hydrogens is 288 g/mol. The number of hydrogen-bond acceptors (Lipinski definition) is 0. The van der Waals surface area contributed by atoms with E-state index >= 15 is 0 Å². The van der Waals surface area contributed by atoms with Crippen LogP contribution in [0.25, 0.3) is 11.1 Å². The smallest absolute Gasteiger partial charge is 0.0181 e.